The molecule has 1 atom stereocenters. The van der Waals surface area contributed by atoms with Crippen LogP contribution in [0, 0.1) is 16.7 Å². The molecule has 1 aliphatic rings. The van der Waals surface area contributed by atoms with Gasteiger partial charge in [0.1, 0.15) is 0 Å². The summed E-state index contributed by atoms with van der Waals surface area (Å²) in [5.74, 6) is -0.0626. The van der Waals surface area contributed by atoms with E-state index < -0.39 is 5.54 Å². The van der Waals surface area contributed by atoms with E-state index in [2.05, 4.69) is 16.4 Å². The molecule has 120 valence electrons. The summed E-state index contributed by atoms with van der Waals surface area (Å²) < 4.78 is 0. The summed E-state index contributed by atoms with van der Waals surface area (Å²) >= 11 is 0. The Balaban J connectivity index is 2.00. The van der Waals surface area contributed by atoms with Gasteiger partial charge in [0, 0.05) is 12.6 Å². The van der Waals surface area contributed by atoms with E-state index in [4.69, 9.17) is 10.7 Å². The first-order valence-corrected chi connectivity index (χ1v) is 7.54. The van der Waals surface area contributed by atoms with Crippen LogP contribution >= 0.6 is 0 Å². The molecule has 1 saturated heterocycles. The second kappa shape index (κ2) is 5.78. The number of hydrogen-bond acceptors (Lipinski definition) is 4. The molecule has 1 aromatic carbocycles. The van der Waals surface area contributed by atoms with Crippen LogP contribution < -0.4 is 5.32 Å². The van der Waals surface area contributed by atoms with Crippen molar-refractivity contribution >= 4 is 11.9 Å². The van der Waals surface area contributed by atoms with Crippen molar-refractivity contribution in [3.63, 3.8) is 0 Å². The third-order valence-electron chi connectivity index (χ3n) is 4.21. The van der Waals surface area contributed by atoms with E-state index in [0.29, 0.717) is 11.3 Å². The van der Waals surface area contributed by atoms with Gasteiger partial charge in [0.2, 0.25) is 5.91 Å². The summed E-state index contributed by atoms with van der Waals surface area (Å²) in [7, 11) is 1.58. The molecule has 0 unspecified atom stereocenters. The maximum absolute atomic E-state index is 12.1. The zero-order valence-corrected chi connectivity index (χ0v) is 13.5. The normalized spacial score (nSPS) is 20.5. The van der Waals surface area contributed by atoms with Crippen LogP contribution in [-0.2, 0) is 10.3 Å². The predicted octanol–water partition coefficient (Wildman–Crippen LogP) is 2.22. The van der Waals surface area contributed by atoms with Gasteiger partial charge in [-0.3, -0.25) is 20.1 Å². The summed E-state index contributed by atoms with van der Waals surface area (Å²) in [5.41, 5.74) is 2.09. The average molecular weight is 319 g/mol. The van der Waals surface area contributed by atoms with Crippen LogP contribution in [-0.4, -0.2) is 28.8 Å². The molecule has 6 nitrogen and oxygen atoms in total. The summed E-state index contributed by atoms with van der Waals surface area (Å²) in [5, 5.41) is 20.0. The lowest BCUT2D eigenvalue weighted by atomic mass is 9.90. The summed E-state index contributed by atoms with van der Waals surface area (Å²) in [6.45, 7) is 1.87. The molecule has 24 heavy (non-hydrogen) atoms. The van der Waals surface area contributed by atoms with E-state index >= 15 is 0 Å². The van der Waals surface area contributed by atoms with Gasteiger partial charge < -0.3 is 5.32 Å². The Morgan fingerprint density at radius 2 is 2.08 bits per heavy atom. The number of nitriles is 1. The van der Waals surface area contributed by atoms with Crippen molar-refractivity contribution in [2.45, 2.75) is 18.9 Å². The number of pyridine rings is 1. The monoisotopic (exact) mass is 319 g/mol. The number of carbonyl (C=O) groups excluding carboxylic acids is 1. The number of guanidine groups is 1. The molecule has 2 N–H and O–H groups in total. The highest BCUT2D eigenvalue weighted by Gasteiger charge is 2.39. The van der Waals surface area contributed by atoms with Gasteiger partial charge in [0.15, 0.2) is 5.96 Å². The minimum Gasteiger partial charge on any atom is -0.345 e. The molecule has 0 spiro atoms. The Bertz CT molecular complexity index is 850. The molecule has 3 rings (SSSR count). The standard InChI is InChI=1S/C18H17N5O/c1-18(10-16(24)23(2)17(20)22-18)15-8-4-7-14(21-15)13-6-3-5-12(9-13)11-19/h3-9H,10H2,1-2H3,(H2,20,22)/t18-/m0/s1. The molecule has 0 radical (unpaired) electrons. The van der Waals surface area contributed by atoms with Crippen molar-refractivity contribution in [2.24, 2.45) is 0 Å². The number of carbonyl (C=O) groups is 1. The maximum Gasteiger partial charge on any atom is 0.231 e. The van der Waals surface area contributed by atoms with Gasteiger partial charge in [-0.25, -0.2) is 0 Å². The van der Waals surface area contributed by atoms with Gasteiger partial charge in [-0.15, -0.1) is 0 Å². The van der Waals surface area contributed by atoms with Crippen LogP contribution in [0.15, 0.2) is 42.5 Å². The first-order valence-electron chi connectivity index (χ1n) is 7.54. The SMILES string of the molecule is CN1C(=N)N[C@](C)(c2cccc(-c3cccc(C#N)c3)n2)CC1=O. The smallest absolute Gasteiger partial charge is 0.231 e. The summed E-state index contributed by atoms with van der Waals surface area (Å²) in [6.07, 6.45) is 0.223. The average Bonchev–Trinajstić information content (AvgIpc) is 2.60. The fourth-order valence-electron chi connectivity index (χ4n) is 2.74. The predicted molar refractivity (Wildman–Crippen MR) is 90.0 cm³/mol. The van der Waals surface area contributed by atoms with E-state index in [9.17, 15) is 4.79 Å². The first-order chi connectivity index (χ1) is 11.4. The third kappa shape index (κ3) is 2.72. The highest BCUT2D eigenvalue weighted by molar-refractivity contribution is 5.98. The highest BCUT2D eigenvalue weighted by Crippen LogP contribution is 2.29. The minimum absolute atomic E-state index is 0.0624. The second-order valence-electron chi connectivity index (χ2n) is 6.04. The second-order valence-corrected chi connectivity index (χ2v) is 6.04. The zero-order chi connectivity index (χ0) is 17.3. The van der Waals surface area contributed by atoms with Gasteiger partial charge in [0.25, 0.3) is 0 Å². The number of nitrogens with one attached hydrogen (secondary N) is 2. The molecule has 2 aromatic rings. The van der Waals surface area contributed by atoms with Gasteiger partial charge in [-0.1, -0.05) is 18.2 Å². The van der Waals surface area contributed by atoms with E-state index in [1.54, 1.807) is 19.2 Å². The molecule has 2 heterocycles. The number of aromatic nitrogens is 1. The van der Waals surface area contributed by atoms with E-state index in [1.807, 2.05) is 37.3 Å². The lowest BCUT2D eigenvalue weighted by Gasteiger charge is -2.38. The maximum atomic E-state index is 12.1. The Hall–Kier alpha value is -3.20. The number of benzene rings is 1. The Morgan fingerprint density at radius 1 is 1.33 bits per heavy atom. The number of amides is 1. The van der Waals surface area contributed by atoms with Crippen molar-refractivity contribution in [2.75, 3.05) is 7.05 Å². The topological polar surface area (TPSA) is 92.9 Å². The molecular formula is C18H17N5O. The van der Waals surface area contributed by atoms with Gasteiger partial charge in [0.05, 0.1) is 35.0 Å². The highest BCUT2D eigenvalue weighted by atomic mass is 16.2. The van der Waals surface area contributed by atoms with Gasteiger partial charge >= 0.3 is 0 Å². The van der Waals surface area contributed by atoms with Crippen molar-refractivity contribution in [1.82, 2.24) is 15.2 Å². The van der Waals surface area contributed by atoms with E-state index in [-0.39, 0.29) is 18.3 Å². The largest absolute Gasteiger partial charge is 0.345 e. The lowest BCUT2D eigenvalue weighted by molar-refractivity contribution is -0.129. The van der Waals surface area contributed by atoms with Gasteiger partial charge in [-0.2, -0.15) is 5.26 Å². The molecule has 0 bridgehead atoms. The van der Waals surface area contributed by atoms with Crippen molar-refractivity contribution in [1.29, 1.82) is 10.7 Å². The number of nitrogens with zero attached hydrogens (tertiary/aromatic N) is 3. The fourth-order valence-corrected chi connectivity index (χ4v) is 2.74. The molecule has 1 aromatic heterocycles. The van der Waals surface area contributed by atoms with Gasteiger partial charge in [-0.05, 0) is 31.2 Å². The minimum atomic E-state index is -0.733. The van der Waals surface area contributed by atoms with Crippen LogP contribution in [0.1, 0.15) is 24.6 Å². The van der Waals surface area contributed by atoms with Crippen LogP contribution in [0.5, 0.6) is 0 Å². The van der Waals surface area contributed by atoms with Crippen LogP contribution in [0.4, 0.5) is 0 Å². The fraction of sp³-hybridized carbons (Fsp3) is 0.222. The molecule has 1 amide bonds. The summed E-state index contributed by atoms with van der Waals surface area (Å²) in [4.78, 5) is 18.1. The zero-order valence-electron chi connectivity index (χ0n) is 13.5. The Labute approximate surface area is 140 Å². The van der Waals surface area contributed by atoms with Crippen LogP contribution in [0.2, 0.25) is 0 Å². The molecule has 1 fully saturated rings. The lowest BCUT2D eigenvalue weighted by Crippen LogP contribution is -2.58. The summed E-state index contributed by atoms with van der Waals surface area (Å²) in [6, 6.07) is 14.9. The molecule has 1 aliphatic heterocycles. The quantitative estimate of drug-likeness (QED) is 0.887. The molecular weight excluding hydrogens is 302 g/mol. The van der Waals surface area contributed by atoms with E-state index in [0.717, 1.165) is 11.3 Å². The van der Waals surface area contributed by atoms with Crippen molar-refractivity contribution < 1.29 is 4.79 Å². The molecule has 6 heteroatoms. The van der Waals surface area contributed by atoms with Crippen LogP contribution in [0.25, 0.3) is 11.3 Å². The Kier molecular flexibility index (Phi) is 3.78. The first kappa shape index (κ1) is 15.7. The third-order valence-corrected chi connectivity index (χ3v) is 4.21. The van der Waals surface area contributed by atoms with Crippen molar-refractivity contribution in [3.8, 4) is 17.3 Å². The van der Waals surface area contributed by atoms with Crippen LogP contribution in [0.3, 0.4) is 0 Å². The number of rotatable bonds is 2. The molecule has 0 saturated carbocycles. The molecule has 0 aliphatic carbocycles. The van der Waals surface area contributed by atoms with E-state index in [1.165, 1.54) is 4.90 Å². The van der Waals surface area contributed by atoms with Crippen molar-refractivity contribution in [3.05, 3.63) is 53.7 Å². The number of hydrogen-bond donors (Lipinski definition) is 2. The Morgan fingerprint density at radius 3 is 2.79 bits per heavy atom.